The van der Waals surface area contributed by atoms with E-state index in [0.717, 1.165) is 36.8 Å². The van der Waals surface area contributed by atoms with Crippen molar-refractivity contribution in [1.29, 1.82) is 0 Å². The van der Waals surface area contributed by atoms with Crippen molar-refractivity contribution < 1.29 is 32.6 Å². The van der Waals surface area contributed by atoms with Crippen molar-refractivity contribution in [2.45, 2.75) is 58.3 Å². The SMILES string of the molecule is CCOc1ccc(-c2nc(NC(=O)c3cnc(N4CCN(CCC(=O)O)CC4)cn3)sc2CN2CCCC2CC)cc1C(F)(F)F. The lowest BCUT2D eigenvalue weighted by molar-refractivity contribution is -0.139. The summed E-state index contributed by atoms with van der Waals surface area (Å²) in [5, 5.41) is 11.9. The molecule has 1 amide bonds. The number of carbonyl (C=O) groups is 2. The minimum absolute atomic E-state index is 0.0770. The number of carbonyl (C=O) groups excluding carboxylic acids is 1. The first-order valence-corrected chi connectivity index (χ1v) is 16.3. The first kappa shape index (κ1) is 33.5. The van der Waals surface area contributed by atoms with Crippen LogP contribution in [0.15, 0.2) is 30.6 Å². The third kappa shape index (κ3) is 8.12. The van der Waals surface area contributed by atoms with Crippen molar-refractivity contribution >= 4 is 34.2 Å². The zero-order chi connectivity index (χ0) is 32.8. The Labute approximate surface area is 269 Å². The van der Waals surface area contributed by atoms with Crippen LogP contribution in [0, 0.1) is 0 Å². The highest BCUT2D eigenvalue weighted by Gasteiger charge is 2.35. The zero-order valence-corrected chi connectivity index (χ0v) is 26.7. The molecule has 0 spiro atoms. The van der Waals surface area contributed by atoms with Gasteiger partial charge in [-0.3, -0.25) is 24.7 Å². The number of ether oxygens (including phenoxy) is 1. The predicted molar refractivity (Wildman–Crippen MR) is 168 cm³/mol. The first-order valence-electron chi connectivity index (χ1n) is 15.5. The number of alkyl halides is 3. The van der Waals surface area contributed by atoms with Gasteiger partial charge in [0.05, 0.1) is 36.7 Å². The van der Waals surface area contributed by atoms with Crippen molar-refractivity contribution in [1.82, 2.24) is 24.8 Å². The number of hydrogen-bond donors (Lipinski definition) is 2. The molecule has 5 rings (SSSR count). The maximum absolute atomic E-state index is 14.0. The number of piperazine rings is 1. The molecule has 2 saturated heterocycles. The van der Waals surface area contributed by atoms with E-state index in [1.165, 1.54) is 29.8 Å². The Morgan fingerprint density at radius 1 is 1.11 bits per heavy atom. The van der Waals surface area contributed by atoms with Gasteiger partial charge in [-0.1, -0.05) is 18.3 Å². The standard InChI is InChI=1S/C31H38F3N7O4S/c1-3-21-6-5-10-41(21)19-25-28(20-7-8-24(45-4-2)22(16-20)31(32,33)34)37-30(46-25)38-29(44)23-17-36-26(18-35-23)40-14-12-39(13-15-40)11-9-27(42)43/h7-8,16-18,21H,3-6,9-15,19H2,1-2H3,(H,42,43)(H,37,38,44). The molecule has 2 fully saturated rings. The number of hydrogen-bond acceptors (Lipinski definition) is 10. The number of nitrogens with one attached hydrogen (secondary N) is 1. The maximum Gasteiger partial charge on any atom is 0.419 e. The van der Waals surface area contributed by atoms with Crippen LogP contribution in [-0.4, -0.2) is 93.7 Å². The normalized spacial score (nSPS) is 17.8. The zero-order valence-electron chi connectivity index (χ0n) is 25.8. The van der Waals surface area contributed by atoms with Crippen molar-refractivity contribution in [3.05, 3.63) is 46.7 Å². The lowest BCUT2D eigenvalue weighted by atomic mass is 10.1. The molecule has 1 aromatic carbocycles. The van der Waals surface area contributed by atoms with E-state index in [9.17, 15) is 22.8 Å². The number of carboxylic acids is 1. The number of amides is 1. The highest BCUT2D eigenvalue weighted by Crippen LogP contribution is 2.41. The van der Waals surface area contributed by atoms with E-state index in [1.54, 1.807) is 13.0 Å². The summed E-state index contributed by atoms with van der Waals surface area (Å²) >= 11 is 1.24. The summed E-state index contributed by atoms with van der Waals surface area (Å²) in [4.78, 5) is 44.6. The van der Waals surface area contributed by atoms with Gasteiger partial charge in [0.15, 0.2) is 5.13 Å². The molecule has 1 unspecified atom stereocenters. The topological polar surface area (TPSA) is 124 Å². The molecule has 2 aliphatic heterocycles. The quantitative estimate of drug-likeness (QED) is 0.266. The van der Waals surface area contributed by atoms with Crippen molar-refractivity contribution in [2.75, 3.05) is 56.1 Å². The van der Waals surface area contributed by atoms with Gasteiger partial charge in [0, 0.05) is 55.8 Å². The fourth-order valence-electron chi connectivity index (χ4n) is 5.89. The Hall–Kier alpha value is -3.82. The summed E-state index contributed by atoms with van der Waals surface area (Å²) in [5.41, 5.74) is -0.115. The average Bonchev–Trinajstić information content (AvgIpc) is 3.66. The summed E-state index contributed by atoms with van der Waals surface area (Å²) in [5.74, 6) is -0.979. The van der Waals surface area contributed by atoms with Gasteiger partial charge in [-0.15, -0.1) is 0 Å². The Balaban J connectivity index is 1.34. The van der Waals surface area contributed by atoms with E-state index >= 15 is 0 Å². The fraction of sp³-hybridized carbons (Fsp3) is 0.516. The minimum atomic E-state index is -4.62. The van der Waals surface area contributed by atoms with Gasteiger partial charge >= 0.3 is 12.1 Å². The lowest BCUT2D eigenvalue weighted by Crippen LogP contribution is -2.47. The summed E-state index contributed by atoms with van der Waals surface area (Å²) in [6.45, 7) is 8.44. The number of halogens is 3. The summed E-state index contributed by atoms with van der Waals surface area (Å²) in [6, 6.07) is 4.33. The molecule has 0 aliphatic carbocycles. The van der Waals surface area contributed by atoms with Crippen LogP contribution in [0.1, 0.15) is 60.5 Å². The molecule has 15 heteroatoms. The number of carboxylic acid groups (broad SMARTS) is 1. The Morgan fingerprint density at radius 3 is 2.54 bits per heavy atom. The predicted octanol–water partition coefficient (Wildman–Crippen LogP) is 5.24. The molecule has 3 aromatic rings. The largest absolute Gasteiger partial charge is 0.493 e. The molecular weight excluding hydrogens is 623 g/mol. The number of likely N-dealkylation sites (tertiary alicyclic amines) is 1. The van der Waals surface area contributed by atoms with Crippen LogP contribution < -0.4 is 15.0 Å². The number of thiazole rings is 1. The summed E-state index contributed by atoms with van der Waals surface area (Å²) < 4.78 is 47.2. The van der Waals surface area contributed by atoms with E-state index in [1.807, 2.05) is 4.90 Å². The third-order valence-corrected chi connectivity index (χ3v) is 9.26. The van der Waals surface area contributed by atoms with Gasteiger partial charge in [0.2, 0.25) is 0 Å². The third-order valence-electron chi connectivity index (χ3n) is 8.30. The van der Waals surface area contributed by atoms with Gasteiger partial charge < -0.3 is 14.7 Å². The van der Waals surface area contributed by atoms with Gasteiger partial charge in [0.1, 0.15) is 17.3 Å². The molecule has 4 heterocycles. The van der Waals surface area contributed by atoms with Crippen LogP contribution in [0.2, 0.25) is 0 Å². The fourth-order valence-corrected chi connectivity index (χ4v) is 6.89. The van der Waals surface area contributed by atoms with Crippen molar-refractivity contribution in [3.63, 3.8) is 0 Å². The second-order valence-corrected chi connectivity index (χ2v) is 12.4. The molecule has 1 atom stereocenters. The molecule has 0 bridgehead atoms. The number of nitrogens with zero attached hydrogens (tertiary/aromatic N) is 6. The Kier molecular flexibility index (Phi) is 10.7. The van der Waals surface area contributed by atoms with E-state index in [4.69, 9.17) is 9.84 Å². The average molecular weight is 662 g/mol. The molecule has 2 aromatic heterocycles. The van der Waals surface area contributed by atoms with Crippen molar-refractivity contribution in [2.24, 2.45) is 0 Å². The Bertz CT molecular complexity index is 1510. The van der Waals surface area contributed by atoms with Crippen LogP contribution in [-0.2, 0) is 17.5 Å². The van der Waals surface area contributed by atoms with Crippen LogP contribution >= 0.6 is 11.3 Å². The second kappa shape index (κ2) is 14.7. The maximum atomic E-state index is 14.0. The molecular formula is C31H38F3N7O4S. The van der Waals surface area contributed by atoms with Crippen molar-refractivity contribution in [3.8, 4) is 17.0 Å². The summed E-state index contributed by atoms with van der Waals surface area (Å²) in [6.07, 6.45) is 1.46. The van der Waals surface area contributed by atoms with Gasteiger partial charge in [-0.05, 0) is 50.9 Å². The Morgan fingerprint density at radius 2 is 1.89 bits per heavy atom. The molecule has 2 N–H and O–H groups in total. The van der Waals surface area contributed by atoms with E-state index in [0.29, 0.717) is 62.4 Å². The molecule has 248 valence electrons. The number of anilines is 2. The number of aromatic nitrogens is 3. The smallest absolute Gasteiger partial charge is 0.419 e. The minimum Gasteiger partial charge on any atom is -0.493 e. The van der Waals surface area contributed by atoms with Crippen LogP contribution in [0.3, 0.4) is 0 Å². The van der Waals surface area contributed by atoms with Gasteiger partial charge in [0.25, 0.3) is 5.91 Å². The second-order valence-electron chi connectivity index (χ2n) is 11.3. The van der Waals surface area contributed by atoms with Gasteiger partial charge in [-0.2, -0.15) is 13.2 Å². The number of benzene rings is 1. The molecule has 11 nitrogen and oxygen atoms in total. The first-order chi connectivity index (χ1) is 22.0. The molecule has 0 saturated carbocycles. The monoisotopic (exact) mass is 661 g/mol. The molecule has 46 heavy (non-hydrogen) atoms. The van der Waals surface area contributed by atoms with E-state index in [2.05, 4.69) is 37.0 Å². The number of aliphatic carboxylic acids is 1. The van der Waals surface area contributed by atoms with Crippen LogP contribution in [0.25, 0.3) is 11.3 Å². The highest BCUT2D eigenvalue weighted by molar-refractivity contribution is 7.16. The van der Waals surface area contributed by atoms with Crippen LogP contribution in [0.4, 0.5) is 24.1 Å². The lowest BCUT2D eigenvalue weighted by Gasteiger charge is -2.34. The molecule has 2 aliphatic rings. The molecule has 0 radical (unpaired) electrons. The van der Waals surface area contributed by atoms with Crippen LogP contribution in [0.5, 0.6) is 5.75 Å². The number of rotatable bonds is 12. The summed E-state index contributed by atoms with van der Waals surface area (Å²) in [7, 11) is 0. The van der Waals surface area contributed by atoms with E-state index in [-0.39, 0.29) is 29.6 Å². The highest BCUT2D eigenvalue weighted by atomic mass is 32.1. The van der Waals surface area contributed by atoms with E-state index < -0.39 is 23.6 Å². The van der Waals surface area contributed by atoms with Gasteiger partial charge in [-0.25, -0.2) is 15.0 Å².